The summed E-state index contributed by atoms with van der Waals surface area (Å²) in [5.74, 6) is -0.322. The number of ether oxygens (including phenoxy) is 1. The fraction of sp³-hybridized carbons (Fsp3) is 0.0385. The molecule has 6 nitrogen and oxygen atoms in total. The quantitative estimate of drug-likeness (QED) is 0.198. The molecule has 0 bridgehead atoms. The lowest BCUT2D eigenvalue weighted by molar-refractivity contribution is -0.121. The van der Waals surface area contributed by atoms with Crippen molar-refractivity contribution in [3.05, 3.63) is 99.4 Å². The van der Waals surface area contributed by atoms with Crippen molar-refractivity contribution in [1.82, 2.24) is 16.2 Å². The smallest absolute Gasteiger partial charge is 0.269 e. The van der Waals surface area contributed by atoms with E-state index in [1.54, 1.807) is 18.2 Å². The van der Waals surface area contributed by atoms with Gasteiger partial charge < -0.3 is 4.74 Å². The van der Waals surface area contributed by atoms with Crippen LogP contribution < -0.4 is 20.9 Å². The van der Waals surface area contributed by atoms with Crippen LogP contribution in [0.25, 0.3) is 21.9 Å². The molecule has 9 heteroatoms. The highest BCUT2D eigenvalue weighted by atomic mass is 79.9. The third kappa shape index (κ3) is 6.45. The fourth-order valence-corrected chi connectivity index (χ4v) is 4.47. The summed E-state index contributed by atoms with van der Waals surface area (Å²) >= 11 is 12.1. The molecule has 0 aromatic heterocycles. The molecule has 0 aliphatic rings. The molecule has 3 N–H and O–H groups in total. The second kappa shape index (κ2) is 11.4. The first-order valence-electron chi connectivity index (χ1n) is 10.5. The molecule has 0 atom stereocenters. The van der Waals surface area contributed by atoms with Crippen LogP contribution in [0.4, 0.5) is 0 Å². The van der Waals surface area contributed by atoms with E-state index in [2.05, 4.69) is 48.0 Å². The highest BCUT2D eigenvalue weighted by Crippen LogP contribution is 2.34. The first-order valence-corrected chi connectivity index (χ1v) is 12.5. The van der Waals surface area contributed by atoms with Crippen LogP contribution in [0.3, 0.4) is 0 Å². The van der Waals surface area contributed by atoms with Crippen molar-refractivity contribution in [2.75, 3.05) is 6.61 Å². The number of hydrogen-bond acceptors (Lipinski definition) is 4. The molecule has 0 unspecified atom stereocenters. The Bertz CT molecular complexity index is 1400. The van der Waals surface area contributed by atoms with Crippen LogP contribution in [0.2, 0.25) is 0 Å². The summed E-state index contributed by atoms with van der Waals surface area (Å²) in [6.45, 7) is -0.253. The molecule has 0 radical (unpaired) electrons. The number of hydrogen-bond donors (Lipinski definition) is 3. The summed E-state index contributed by atoms with van der Waals surface area (Å²) in [4.78, 5) is 24.6. The van der Waals surface area contributed by atoms with Gasteiger partial charge in [-0.15, -0.1) is 0 Å². The fourth-order valence-electron chi connectivity index (χ4n) is 3.32. The van der Waals surface area contributed by atoms with Crippen molar-refractivity contribution < 1.29 is 14.3 Å². The number of nitrogens with one attached hydrogen (secondary N) is 3. The highest BCUT2D eigenvalue weighted by Gasteiger charge is 2.11. The lowest BCUT2D eigenvalue weighted by Gasteiger charge is -2.13. The average Bonchev–Trinajstić information content (AvgIpc) is 2.87. The summed E-state index contributed by atoms with van der Waals surface area (Å²) in [5.41, 5.74) is 7.51. The second-order valence-electron chi connectivity index (χ2n) is 7.43. The zero-order valence-electron chi connectivity index (χ0n) is 18.2. The van der Waals surface area contributed by atoms with Crippen LogP contribution in [0.5, 0.6) is 5.75 Å². The van der Waals surface area contributed by atoms with Crippen LogP contribution in [-0.4, -0.2) is 23.5 Å². The molecule has 0 aliphatic carbocycles. The molecule has 176 valence electrons. The summed E-state index contributed by atoms with van der Waals surface area (Å²) in [6, 6.07) is 26.6. The van der Waals surface area contributed by atoms with E-state index in [-0.39, 0.29) is 17.6 Å². The molecule has 4 rings (SSSR count). The minimum Gasteiger partial charge on any atom is -0.483 e. The van der Waals surface area contributed by atoms with E-state index in [4.69, 9.17) is 17.0 Å². The lowest BCUT2D eigenvalue weighted by Crippen LogP contribution is -2.49. The van der Waals surface area contributed by atoms with E-state index in [1.807, 2.05) is 66.7 Å². The van der Waals surface area contributed by atoms with Crippen molar-refractivity contribution in [3.8, 4) is 16.9 Å². The van der Waals surface area contributed by atoms with Gasteiger partial charge in [-0.3, -0.25) is 25.8 Å². The topological polar surface area (TPSA) is 79.5 Å². The number of amides is 2. The maximum atomic E-state index is 12.4. The van der Waals surface area contributed by atoms with E-state index in [0.717, 1.165) is 30.8 Å². The van der Waals surface area contributed by atoms with Gasteiger partial charge in [0.05, 0.1) is 4.47 Å². The molecule has 0 saturated heterocycles. The zero-order chi connectivity index (χ0) is 24.8. The molecule has 0 fully saturated rings. The van der Waals surface area contributed by atoms with Gasteiger partial charge in [-0.2, -0.15) is 0 Å². The van der Waals surface area contributed by atoms with E-state index < -0.39 is 5.91 Å². The number of fused-ring (bicyclic) bond motifs is 1. The van der Waals surface area contributed by atoms with Gasteiger partial charge in [0, 0.05) is 10.0 Å². The molecular formula is C26H19Br2N3O3S. The van der Waals surface area contributed by atoms with E-state index >= 15 is 0 Å². The molecule has 0 spiro atoms. The predicted molar refractivity (Wildman–Crippen MR) is 148 cm³/mol. The normalized spacial score (nSPS) is 10.5. The zero-order valence-corrected chi connectivity index (χ0v) is 22.2. The molecule has 0 aliphatic heterocycles. The lowest BCUT2D eigenvalue weighted by atomic mass is 10.0. The Morgan fingerprint density at radius 1 is 0.829 bits per heavy atom. The predicted octanol–water partition coefficient (Wildman–Crippen LogP) is 5.75. The maximum Gasteiger partial charge on any atom is 0.269 e. The number of thiocarbonyl (C=S) groups is 1. The summed E-state index contributed by atoms with van der Waals surface area (Å²) in [5, 5.41) is 4.41. The number of carbonyl (C=O) groups excluding carboxylic acids is 2. The van der Waals surface area contributed by atoms with Crippen molar-refractivity contribution in [3.63, 3.8) is 0 Å². The Balaban J connectivity index is 1.25. The van der Waals surface area contributed by atoms with Crippen LogP contribution in [0.1, 0.15) is 10.4 Å². The van der Waals surface area contributed by atoms with Crippen molar-refractivity contribution in [2.45, 2.75) is 0 Å². The number of carbonyl (C=O) groups is 2. The number of halogens is 2. The van der Waals surface area contributed by atoms with Crippen LogP contribution in [-0.2, 0) is 4.79 Å². The largest absolute Gasteiger partial charge is 0.483 e. The van der Waals surface area contributed by atoms with Crippen LogP contribution >= 0.6 is 44.1 Å². The summed E-state index contributed by atoms with van der Waals surface area (Å²) < 4.78 is 7.36. The monoisotopic (exact) mass is 611 g/mol. The van der Waals surface area contributed by atoms with Gasteiger partial charge in [-0.1, -0.05) is 70.5 Å². The average molecular weight is 613 g/mol. The van der Waals surface area contributed by atoms with Gasteiger partial charge in [0.1, 0.15) is 5.75 Å². The van der Waals surface area contributed by atoms with Crippen molar-refractivity contribution >= 4 is 71.8 Å². The Hall–Kier alpha value is -3.27. The van der Waals surface area contributed by atoms with Gasteiger partial charge in [0.15, 0.2) is 11.7 Å². The van der Waals surface area contributed by atoms with Gasteiger partial charge in [-0.25, -0.2) is 0 Å². The van der Waals surface area contributed by atoms with Gasteiger partial charge in [0.25, 0.3) is 11.8 Å². The molecule has 0 heterocycles. The third-order valence-corrected chi connectivity index (χ3v) is 6.55. The standard InChI is InChI=1S/C26H19Br2N3O3S/c27-20-11-12-21-19(14-20)10-13-22(24(21)28)34-15-23(32)29-26(35)31-30-25(33)18-8-6-17(7-9-18)16-4-2-1-3-5-16/h1-14H,15H2,(H,30,33)(H2,29,31,32,35). The maximum absolute atomic E-state index is 12.4. The molecular weight excluding hydrogens is 594 g/mol. The second-order valence-corrected chi connectivity index (χ2v) is 9.55. The van der Waals surface area contributed by atoms with Crippen LogP contribution in [0, 0.1) is 0 Å². The minimum absolute atomic E-state index is 0.0460. The van der Waals surface area contributed by atoms with Gasteiger partial charge in [-0.05, 0) is 80.4 Å². The molecule has 0 saturated carbocycles. The summed E-state index contributed by atoms with van der Waals surface area (Å²) in [6.07, 6.45) is 0. The van der Waals surface area contributed by atoms with E-state index in [0.29, 0.717) is 11.3 Å². The molecule has 4 aromatic rings. The first-order chi connectivity index (χ1) is 16.9. The van der Waals surface area contributed by atoms with Crippen LogP contribution in [0.15, 0.2) is 93.9 Å². The first kappa shape index (κ1) is 24.8. The molecule has 2 amide bonds. The Kier molecular flexibility index (Phi) is 8.12. The molecule has 4 aromatic carbocycles. The number of rotatable bonds is 5. The van der Waals surface area contributed by atoms with E-state index in [9.17, 15) is 9.59 Å². The highest BCUT2D eigenvalue weighted by molar-refractivity contribution is 9.11. The Morgan fingerprint density at radius 3 is 2.29 bits per heavy atom. The summed E-state index contributed by atoms with van der Waals surface area (Å²) in [7, 11) is 0. The number of benzene rings is 4. The van der Waals surface area contributed by atoms with Gasteiger partial charge in [0.2, 0.25) is 0 Å². The van der Waals surface area contributed by atoms with Crippen molar-refractivity contribution in [2.24, 2.45) is 0 Å². The number of hydrazine groups is 1. The Labute approximate surface area is 224 Å². The SMILES string of the molecule is O=C(COc1ccc2cc(Br)ccc2c1Br)NC(=S)NNC(=O)c1ccc(-c2ccccc2)cc1. The minimum atomic E-state index is -0.466. The van der Waals surface area contributed by atoms with Gasteiger partial charge >= 0.3 is 0 Å². The third-order valence-electron chi connectivity index (χ3n) is 5.04. The van der Waals surface area contributed by atoms with Crippen molar-refractivity contribution in [1.29, 1.82) is 0 Å². The van der Waals surface area contributed by atoms with E-state index in [1.165, 1.54) is 0 Å². The Morgan fingerprint density at radius 2 is 1.54 bits per heavy atom. The molecule has 35 heavy (non-hydrogen) atoms.